The molecule has 0 bridgehead atoms. The smallest absolute Gasteiger partial charge is 0.129 e. The van der Waals surface area contributed by atoms with E-state index in [4.69, 9.17) is 0 Å². The average Bonchev–Trinajstić information content (AvgIpc) is 2.89. The van der Waals surface area contributed by atoms with Gasteiger partial charge in [-0.25, -0.2) is 4.98 Å². The van der Waals surface area contributed by atoms with Crippen molar-refractivity contribution < 1.29 is 5.11 Å². The van der Waals surface area contributed by atoms with Gasteiger partial charge in [0, 0.05) is 18.8 Å². The summed E-state index contributed by atoms with van der Waals surface area (Å²) < 4.78 is 0. The summed E-state index contributed by atoms with van der Waals surface area (Å²) in [5.74, 6) is 1.65. The van der Waals surface area contributed by atoms with Gasteiger partial charge in [0.05, 0.1) is 6.10 Å². The highest BCUT2D eigenvalue weighted by Gasteiger charge is 2.24. The van der Waals surface area contributed by atoms with Gasteiger partial charge >= 0.3 is 0 Å². The molecule has 106 valence electrons. The van der Waals surface area contributed by atoms with Gasteiger partial charge in [-0.1, -0.05) is 26.7 Å². The largest absolute Gasteiger partial charge is 0.389 e. The van der Waals surface area contributed by atoms with Gasteiger partial charge in [-0.05, 0) is 43.4 Å². The highest BCUT2D eigenvalue weighted by Crippen LogP contribution is 2.29. The SMILES string of the molecule is CC(C)CN(c1cc([C@H](C)O)ccn1)C1CCCC1. The van der Waals surface area contributed by atoms with Crippen LogP contribution in [0.3, 0.4) is 0 Å². The molecule has 1 aromatic heterocycles. The lowest BCUT2D eigenvalue weighted by Crippen LogP contribution is -2.37. The quantitative estimate of drug-likeness (QED) is 0.881. The van der Waals surface area contributed by atoms with Crippen molar-refractivity contribution in [2.24, 2.45) is 5.92 Å². The van der Waals surface area contributed by atoms with Crippen LogP contribution in [0, 0.1) is 5.92 Å². The maximum Gasteiger partial charge on any atom is 0.129 e. The molecule has 0 radical (unpaired) electrons. The number of aromatic nitrogens is 1. The molecule has 0 aliphatic heterocycles. The lowest BCUT2D eigenvalue weighted by Gasteiger charge is -2.32. The maximum atomic E-state index is 9.73. The Balaban J connectivity index is 2.23. The molecule has 19 heavy (non-hydrogen) atoms. The first-order valence-corrected chi connectivity index (χ1v) is 7.48. The minimum absolute atomic E-state index is 0.425. The third-order valence-corrected chi connectivity index (χ3v) is 3.87. The van der Waals surface area contributed by atoms with Crippen molar-refractivity contribution >= 4 is 5.82 Å². The Morgan fingerprint density at radius 3 is 2.58 bits per heavy atom. The normalized spacial score (nSPS) is 17.9. The third-order valence-electron chi connectivity index (χ3n) is 3.87. The van der Waals surface area contributed by atoms with Gasteiger partial charge in [-0.2, -0.15) is 0 Å². The van der Waals surface area contributed by atoms with Gasteiger partial charge < -0.3 is 10.0 Å². The van der Waals surface area contributed by atoms with E-state index in [1.807, 2.05) is 25.3 Å². The fraction of sp³-hybridized carbons (Fsp3) is 0.688. The Hall–Kier alpha value is -1.09. The van der Waals surface area contributed by atoms with E-state index in [1.165, 1.54) is 25.7 Å². The summed E-state index contributed by atoms with van der Waals surface area (Å²) in [6, 6.07) is 4.57. The number of anilines is 1. The Labute approximate surface area is 116 Å². The van der Waals surface area contributed by atoms with Gasteiger partial charge in [0.15, 0.2) is 0 Å². The van der Waals surface area contributed by atoms with Gasteiger partial charge in [0.25, 0.3) is 0 Å². The summed E-state index contributed by atoms with van der Waals surface area (Å²) in [6.07, 6.45) is 6.59. The summed E-state index contributed by atoms with van der Waals surface area (Å²) in [6.45, 7) is 7.35. The second-order valence-electron chi connectivity index (χ2n) is 6.11. The number of hydrogen-bond donors (Lipinski definition) is 1. The molecule has 1 saturated carbocycles. The highest BCUT2D eigenvalue weighted by molar-refractivity contribution is 5.43. The molecule has 1 atom stereocenters. The predicted octanol–water partition coefficient (Wildman–Crippen LogP) is 3.54. The lowest BCUT2D eigenvalue weighted by molar-refractivity contribution is 0.199. The molecule has 1 fully saturated rings. The molecular formula is C16H26N2O. The average molecular weight is 262 g/mol. The first-order valence-electron chi connectivity index (χ1n) is 7.48. The summed E-state index contributed by atoms with van der Waals surface area (Å²) in [7, 11) is 0. The van der Waals surface area contributed by atoms with Crippen LogP contribution in [0.15, 0.2) is 18.3 Å². The molecule has 3 heteroatoms. The Kier molecular flexibility index (Phi) is 4.81. The standard InChI is InChI=1S/C16H26N2O/c1-12(2)11-18(15-6-4-5-7-15)16-10-14(13(3)19)8-9-17-16/h8-10,12-13,15,19H,4-7,11H2,1-3H3/t13-/m0/s1. The van der Waals surface area contributed by atoms with Crippen molar-refractivity contribution in [2.45, 2.75) is 58.6 Å². The second-order valence-corrected chi connectivity index (χ2v) is 6.11. The number of aliphatic hydroxyl groups excluding tert-OH is 1. The van der Waals surface area contributed by atoms with Crippen LogP contribution in [0.5, 0.6) is 0 Å². The van der Waals surface area contributed by atoms with E-state index in [2.05, 4.69) is 23.7 Å². The van der Waals surface area contributed by atoms with Crippen LogP contribution in [0.4, 0.5) is 5.82 Å². The van der Waals surface area contributed by atoms with Crippen molar-refractivity contribution in [2.75, 3.05) is 11.4 Å². The van der Waals surface area contributed by atoms with Crippen molar-refractivity contribution in [3.63, 3.8) is 0 Å². The molecule has 1 heterocycles. The molecule has 0 amide bonds. The highest BCUT2D eigenvalue weighted by atomic mass is 16.3. The number of pyridine rings is 1. The monoisotopic (exact) mass is 262 g/mol. The minimum Gasteiger partial charge on any atom is -0.389 e. The van der Waals surface area contributed by atoms with Gasteiger partial charge in [0.1, 0.15) is 5.82 Å². The summed E-state index contributed by atoms with van der Waals surface area (Å²) in [5, 5.41) is 9.73. The Bertz CT molecular complexity index is 397. The molecule has 1 aliphatic carbocycles. The summed E-state index contributed by atoms with van der Waals surface area (Å²) >= 11 is 0. The zero-order valence-electron chi connectivity index (χ0n) is 12.3. The van der Waals surface area contributed by atoms with Crippen LogP contribution in [-0.2, 0) is 0 Å². The molecule has 3 nitrogen and oxygen atoms in total. The van der Waals surface area contributed by atoms with Crippen LogP contribution in [0.1, 0.15) is 58.1 Å². The van der Waals surface area contributed by atoms with Crippen LogP contribution in [0.2, 0.25) is 0 Å². The molecule has 0 unspecified atom stereocenters. The van der Waals surface area contributed by atoms with Gasteiger partial charge in [-0.15, -0.1) is 0 Å². The topological polar surface area (TPSA) is 36.4 Å². The molecule has 0 saturated heterocycles. The summed E-state index contributed by atoms with van der Waals surface area (Å²) in [4.78, 5) is 6.98. The molecule has 1 N–H and O–H groups in total. The summed E-state index contributed by atoms with van der Waals surface area (Å²) in [5.41, 5.74) is 0.955. The Morgan fingerprint density at radius 1 is 1.32 bits per heavy atom. The minimum atomic E-state index is -0.425. The molecule has 0 aromatic carbocycles. The molecule has 2 rings (SSSR count). The number of rotatable bonds is 5. The molecular weight excluding hydrogens is 236 g/mol. The predicted molar refractivity (Wildman–Crippen MR) is 79.3 cm³/mol. The fourth-order valence-corrected chi connectivity index (χ4v) is 2.89. The van der Waals surface area contributed by atoms with E-state index in [-0.39, 0.29) is 0 Å². The molecule has 1 aliphatic rings. The van der Waals surface area contributed by atoms with Crippen LogP contribution < -0.4 is 4.90 Å². The number of nitrogens with zero attached hydrogens (tertiary/aromatic N) is 2. The van der Waals surface area contributed by atoms with E-state index in [1.54, 1.807) is 0 Å². The fourth-order valence-electron chi connectivity index (χ4n) is 2.89. The number of hydrogen-bond acceptors (Lipinski definition) is 3. The van der Waals surface area contributed by atoms with E-state index in [9.17, 15) is 5.11 Å². The maximum absolute atomic E-state index is 9.73. The van der Waals surface area contributed by atoms with Crippen LogP contribution in [0.25, 0.3) is 0 Å². The third kappa shape index (κ3) is 3.69. The zero-order valence-corrected chi connectivity index (χ0v) is 12.3. The van der Waals surface area contributed by atoms with Crippen molar-refractivity contribution in [1.29, 1.82) is 0 Å². The van der Waals surface area contributed by atoms with Crippen molar-refractivity contribution in [1.82, 2.24) is 4.98 Å². The van der Waals surface area contributed by atoms with Gasteiger partial charge in [0.2, 0.25) is 0 Å². The van der Waals surface area contributed by atoms with E-state index in [0.29, 0.717) is 12.0 Å². The van der Waals surface area contributed by atoms with Crippen LogP contribution in [-0.4, -0.2) is 22.7 Å². The first kappa shape index (κ1) is 14.3. The molecule has 1 aromatic rings. The second kappa shape index (κ2) is 6.38. The van der Waals surface area contributed by atoms with Gasteiger partial charge in [-0.3, -0.25) is 0 Å². The van der Waals surface area contributed by atoms with Crippen molar-refractivity contribution in [3.05, 3.63) is 23.9 Å². The van der Waals surface area contributed by atoms with E-state index in [0.717, 1.165) is 17.9 Å². The lowest BCUT2D eigenvalue weighted by atomic mass is 10.1. The first-order chi connectivity index (χ1) is 9.08. The van der Waals surface area contributed by atoms with Crippen molar-refractivity contribution in [3.8, 4) is 0 Å². The number of aliphatic hydroxyl groups is 1. The molecule has 0 spiro atoms. The van der Waals surface area contributed by atoms with E-state index < -0.39 is 6.10 Å². The zero-order chi connectivity index (χ0) is 13.8. The Morgan fingerprint density at radius 2 is 2.00 bits per heavy atom. The van der Waals surface area contributed by atoms with Crippen LogP contribution >= 0.6 is 0 Å². The van der Waals surface area contributed by atoms with E-state index >= 15 is 0 Å².